The molecule has 2 aromatic rings. The number of hydrogen-bond donors (Lipinski definition) is 1. The number of benzene rings is 1. The summed E-state index contributed by atoms with van der Waals surface area (Å²) in [5.41, 5.74) is 8.88. The summed E-state index contributed by atoms with van der Waals surface area (Å²) in [6, 6.07) is 8.05. The molecule has 0 saturated carbocycles. The largest absolute Gasteiger partial charge is 0.437 e. The van der Waals surface area contributed by atoms with Crippen molar-refractivity contribution in [3.8, 4) is 11.6 Å². The van der Waals surface area contributed by atoms with Gasteiger partial charge >= 0.3 is 0 Å². The van der Waals surface area contributed by atoms with E-state index in [9.17, 15) is 0 Å². The molecule has 108 valence electrons. The fourth-order valence-corrected chi connectivity index (χ4v) is 2.28. The monoisotopic (exact) mass is 273 g/mol. The van der Waals surface area contributed by atoms with Gasteiger partial charge in [-0.15, -0.1) is 0 Å². The molecule has 0 fully saturated rings. The van der Waals surface area contributed by atoms with Gasteiger partial charge in [0.05, 0.1) is 5.69 Å². The van der Waals surface area contributed by atoms with Crippen molar-refractivity contribution < 1.29 is 4.74 Å². The minimum atomic E-state index is 0.399. The maximum Gasteiger partial charge on any atom is 0.241 e. The van der Waals surface area contributed by atoms with Gasteiger partial charge in [-0.25, -0.2) is 4.68 Å². The standard InChI is InChI=1S/C16H23N3O/c1-5-8-13-15(17)16(19(4)18-13)20-14-10-7-6-9-12(14)11(2)3/h6-7,9-11H,5,8,17H2,1-4H3. The molecular formula is C16H23N3O. The zero-order chi connectivity index (χ0) is 14.7. The van der Waals surface area contributed by atoms with Gasteiger partial charge in [-0.05, 0) is 24.0 Å². The summed E-state index contributed by atoms with van der Waals surface area (Å²) in [7, 11) is 1.86. The Morgan fingerprint density at radius 2 is 2.00 bits per heavy atom. The van der Waals surface area contributed by atoms with E-state index < -0.39 is 0 Å². The quantitative estimate of drug-likeness (QED) is 0.899. The van der Waals surface area contributed by atoms with Crippen LogP contribution in [0.3, 0.4) is 0 Å². The van der Waals surface area contributed by atoms with Crippen LogP contribution in [-0.2, 0) is 13.5 Å². The highest BCUT2D eigenvalue weighted by Gasteiger charge is 2.16. The molecule has 1 heterocycles. The summed E-state index contributed by atoms with van der Waals surface area (Å²) >= 11 is 0. The molecule has 0 radical (unpaired) electrons. The lowest BCUT2D eigenvalue weighted by Gasteiger charge is -2.13. The van der Waals surface area contributed by atoms with Crippen LogP contribution in [0.15, 0.2) is 24.3 Å². The fourth-order valence-electron chi connectivity index (χ4n) is 2.28. The van der Waals surface area contributed by atoms with Gasteiger partial charge in [0.2, 0.25) is 5.88 Å². The fraction of sp³-hybridized carbons (Fsp3) is 0.438. The summed E-state index contributed by atoms with van der Waals surface area (Å²) in [6.45, 7) is 6.41. The maximum absolute atomic E-state index is 6.16. The number of nitrogens with zero attached hydrogens (tertiary/aromatic N) is 2. The molecule has 0 spiro atoms. The van der Waals surface area contributed by atoms with Crippen molar-refractivity contribution in [3.05, 3.63) is 35.5 Å². The van der Waals surface area contributed by atoms with Crippen molar-refractivity contribution in [3.63, 3.8) is 0 Å². The van der Waals surface area contributed by atoms with Gasteiger partial charge in [-0.2, -0.15) is 5.10 Å². The van der Waals surface area contributed by atoms with E-state index in [0.717, 1.165) is 24.3 Å². The van der Waals surface area contributed by atoms with Crippen molar-refractivity contribution in [1.82, 2.24) is 9.78 Å². The van der Waals surface area contributed by atoms with Crippen LogP contribution in [0.5, 0.6) is 11.6 Å². The number of aromatic nitrogens is 2. The molecule has 0 atom stereocenters. The number of para-hydroxylation sites is 1. The summed E-state index contributed by atoms with van der Waals surface area (Å²) < 4.78 is 7.75. The molecule has 0 bridgehead atoms. The lowest BCUT2D eigenvalue weighted by atomic mass is 10.0. The van der Waals surface area contributed by atoms with Crippen molar-refractivity contribution in [2.75, 3.05) is 5.73 Å². The average molecular weight is 273 g/mol. The Morgan fingerprint density at radius 3 is 2.65 bits per heavy atom. The summed E-state index contributed by atoms with van der Waals surface area (Å²) in [5.74, 6) is 1.87. The van der Waals surface area contributed by atoms with E-state index in [1.165, 1.54) is 5.56 Å². The van der Waals surface area contributed by atoms with E-state index in [0.29, 0.717) is 17.5 Å². The third-order valence-corrected chi connectivity index (χ3v) is 3.34. The Labute approximate surface area is 120 Å². The average Bonchev–Trinajstić information content (AvgIpc) is 2.67. The second-order valence-corrected chi connectivity index (χ2v) is 5.33. The molecule has 4 nitrogen and oxygen atoms in total. The SMILES string of the molecule is CCCc1nn(C)c(Oc2ccccc2C(C)C)c1N. The summed E-state index contributed by atoms with van der Waals surface area (Å²) in [5, 5.41) is 4.44. The Kier molecular flexibility index (Phi) is 4.32. The van der Waals surface area contributed by atoms with Crippen LogP contribution < -0.4 is 10.5 Å². The molecule has 4 heteroatoms. The first-order valence-electron chi connectivity index (χ1n) is 7.12. The van der Waals surface area contributed by atoms with Crippen molar-refractivity contribution in [2.24, 2.45) is 7.05 Å². The molecule has 1 aromatic carbocycles. The van der Waals surface area contributed by atoms with Crippen LogP contribution in [0, 0.1) is 0 Å². The van der Waals surface area contributed by atoms with Crippen LogP contribution in [0.2, 0.25) is 0 Å². The Hall–Kier alpha value is -1.97. The van der Waals surface area contributed by atoms with Crippen LogP contribution >= 0.6 is 0 Å². The highest BCUT2D eigenvalue weighted by atomic mass is 16.5. The van der Waals surface area contributed by atoms with E-state index >= 15 is 0 Å². The Balaban J connectivity index is 2.35. The second-order valence-electron chi connectivity index (χ2n) is 5.33. The minimum absolute atomic E-state index is 0.399. The minimum Gasteiger partial charge on any atom is -0.437 e. The predicted molar refractivity (Wildman–Crippen MR) is 82.2 cm³/mol. The molecular weight excluding hydrogens is 250 g/mol. The lowest BCUT2D eigenvalue weighted by molar-refractivity contribution is 0.426. The molecule has 0 unspecified atom stereocenters. The molecule has 0 saturated heterocycles. The molecule has 0 aliphatic heterocycles. The molecule has 20 heavy (non-hydrogen) atoms. The topological polar surface area (TPSA) is 53.1 Å². The maximum atomic E-state index is 6.16. The van der Waals surface area contributed by atoms with Crippen molar-refractivity contribution in [2.45, 2.75) is 39.5 Å². The van der Waals surface area contributed by atoms with E-state index in [4.69, 9.17) is 10.5 Å². The highest BCUT2D eigenvalue weighted by Crippen LogP contribution is 2.34. The normalized spacial score (nSPS) is 11.1. The number of ether oxygens (including phenoxy) is 1. The molecule has 1 aromatic heterocycles. The number of anilines is 1. The number of rotatable bonds is 5. The number of nitrogen functional groups attached to an aromatic ring is 1. The van der Waals surface area contributed by atoms with E-state index in [2.05, 4.69) is 31.9 Å². The molecule has 0 aliphatic rings. The zero-order valence-corrected chi connectivity index (χ0v) is 12.7. The zero-order valence-electron chi connectivity index (χ0n) is 12.7. The van der Waals surface area contributed by atoms with Gasteiger partial charge in [0.15, 0.2) is 0 Å². The van der Waals surface area contributed by atoms with Gasteiger partial charge in [-0.3, -0.25) is 0 Å². The van der Waals surface area contributed by atoms with E-state index in [1.54, 1.807) is 4.68 Å². The van der Waals surface area contributed by atoms with Gasteiger partial charge in [-0.1, -0.05) is 45.4 Å². The molecule has 0 amide bonds. The first-order valence-corrected chi connectivity index (χ1v) is 7.12. The van der Waals surface area contributed by atoms with Gasteiger partial charge in [0.1, 0.15) is 11.4 Å². The smallest absolute Gasteiger partial charge is 0.241 e. The second kappa shape index (κ2) is 5.99. The molecule has 2 rings (SSSR count). The predicted octanol–water partition coefficient (Wildman–Crippen LogP) is 3.87. The van der Waals surface area contributed by atoms with Crippen LogP contribution in [0.4, 0.5) is 5.69 Å². The van der Waals surface area contributed by atoms with Gasteiger partial charge < -0.3 is 10.5 Å². The number of aryl methyl sites for hydroxylation is 2. The van der Waals surface area contributed by atoms with Crippen LogP contribution in [0.25, 0.3) is 0 Å². The number of nitrogens with two attached hydrogens (primary N) is 1. The number of hydrogen-bond acceptors (Lipinski definition) is 3. The van der Waals surface area contributed by atoms with Crippen LogP contribution in [-0.4, -0.2) is 9.78 Å². The molecule has 2 N–H and O–H groups in total. The first kappa shape index (κ1) is 14.4. The van der Waals surface area contributed by atoms with Gasteiger partial charge in [0, 0.05) is 7.05 Å². The van der Waals surface area contributed by atoms with Crippen molar-refractivity contribution in [1.29, 1.82) is 0 Å². The highest BCUT2D eigenvalue weighted by molar-refractivity contribution is 5.55. The van der Waals surface area contributed by atoms with Crippen molar-refractivity contribution >= 4 is 5.69 Å². The first-order chi connectivity index (χ1) is 9.54. The summed E-state index contributed by atoms with van der Waals surface area (Å²) in [6.07, 6.45) is 1.89. The van der Waals surface area contributed by atoms with Gasteiger partial charge in [0.25, 0.3) is 0 Å². The molecule has 0 aliphatic carbocycles. The van der Waals surface area contributed by atoms with E-state index in [1.807, 2.05) is 25.2 Å². The Morgan fingerprint density at radius 1 is 1.30 bits per heavy atom. The third-order valence-electron chi connectivity index (χ3n) is 3.34. The third kappa shape index (κ3) is 2.79. The lowest BCUT2D eigenvalue weighted by Crippen LogP contribution is -2.00. The van der Waals surface area contributed by atoms with Crippen LogP contribution in [0.1, 0.15) is 44.4 Å². The Bertz CT molecular complexity index is 587. The van der Waals surface area contributed by atoms with E-state index in [-0.39, 0.29) is 0 Å². The summed E-state index contributed by atoms with van der Waals surface area (Å²) in [4.78, 5) is 0.